The van der Waals surface area contributed by atoms with Crippen molar-refractivity contribution < 1.29 is 19.1 Å². The molecule has 3 rings (SSSR count). The van der Waals surface area contributed by atoms with E-state index in [-0.39, 0.29) is 11.9 Å². The van der Waals surface area contributed by atoms with E-state index in [1.165, 1.54) is 25.3 Å². The zero-order valence-corrected chi connectivity index (χ0v) is 28.0. The zero-order chi connectivity index (χ0) is 30.9. The van der Waals surface area contributed by atoms with E-state index in [9.17, 15) is 9.59 Å². The summed E-state index contributed by atoms with van der Waals surface area (Å²) in [6.45, 7) is 13.9. The van der Waals surface area contributed by atoms with Crippen molar-refractivity contribution in [3.63, 3.8) is 0 Å². The van der Waals surface area contributed by atoms with Crippen molar-refractivity contribution in [1.29, 1.82) is 0 Å². The van der Waals surface area contributed by atoms with E-state index in [1.807, 2.05) is 24.3 Å². The highest BCUT2D eigenvalue weighted by Crippen LogP contribution is 2.49. The quantitative estimate of drug-likeness (QED) is 0.164. The first-order chi connectivity index (χ1) is 20.1. The molecule has 0 fully saturated rings. The second-order valence-electron chi connectivity index (χ2n) is 12.4. The predicted molar refractivity (Wildman–Crippen MR) is 176 cm³/mol. The van der Waals surface area contributed by atoms with E-state index in [0.717, 1.165) is 42.4 Å². The Morgan fingerprint density at radius 1 is 0.619 bits per heavy atom. The number of benzene rings is 2. The number of aryl methyl sites for hydroxylation is 2. The molecule has 1 aliphatic rings. The SMILES string of the molecule is COC(=O)C1=C(CCCc2ccccc2)/C(=C\[Si](C(C)C)(C(C)C)C(C)C)C(C(=O)OC)=C1CCCc1ccccc1. The van der Waals surface area contributed by atoms with Crippen LogP contribution in [0.4, 0.5) is 0 Å². The molecule has 0 aromatic heterocycles. The van der Waals surface area contributed by atoms with Gasteiger partial charge in [-0.05, 0) is 83.0 Å². The summed E-state index contributed by atoms with van der Waals surface area (Å²) in [6, 6.07) is 20.8. The second-order valence-corrected chi connectivity index (χ2v) is 18.1. The maximum atomic E-state index is 13.7. The van der Waals surface area contributed by atoms with Crippen molar-refractivity contribution in [2.75, 3.05) is 14.2 Å². The molecule has 226 valence electrons. The fourth-order valence-corrected chi connectivity index (χ4v) is 12.9. The van der Waals surface area contributed by atoms with E-state index < -0.39 is 8.07 Å². The zero-order valence-electron chi connectivity index (χ0n) is 27.0. The van der Waals surface area contributed by atoms with E-state index >= 15 is 0 Å². The Hall–Kier alpha value is -3.18. The molecular weight excluding hydrogens is 536 g/mol. The van der Waals surface area contributed by atoms with Crippen molar-refractivity contribution in [1.82, 2.24) is 0 Å². The summed E-state index contributed by atoms with van der Waals surface area (Å²) in [5.41, 5.74) is 10.1. The molecule has 0 saturated heterocycles. The van der Waals surface area contributed by atoms with Gasteiger partial charge >= 0.3 is 11.9 Å². The number of carbonyl (C=O) groups is 2. The van der Waals surface area contributed by atoms with Crippen LogP contribution in [0.3, 0.4) is 0 Å². The maximum absolute atomic E-state index is 13.7. The van der Waals surface area contributed by atoms with Gasteiger partial charge < -0.3 is 9.47 Å². The Labute approximate surface area is 254 Å². The van der Waals surface area contributed by atoms with Crippen molar-refractivity contribution in [3.05, 3.63) is 105 Å². The number of esters is 2. The van der Waals surface area contributed by atoms with Gasteiger partial charge in [0.1, 0.15) is 0 Å². The lowest BCUT2D eigenvalue weighted by Crippen LogP contribution is -2.43. The number of hydrogen-bond donors (Lipinski definition) is 0. The number of rotatable bonds is 14. The van der Waals surface area contributed by atoms with Crippen LogP contribution < -0.4 is 0 Å². The standard InChI is InChI=1S/C37H50O4Si/c1-26(2)42(27(3)4,28(5)6)25-33-31(23-15-21-29-17-11-9-12-18-29)34(36(38)40-7)32(35(33)37(39)41-8)24-16-22-30-19-13-10-14-20-30/h9-14,17-20,25-28H,15-16,21-24H2,1-8H3/b33-25+. The van der Waals surface area contributed by atoms with Gasteiger partial charge in [0.15, 0.2) is 0 Å². The van der Waals surface area contributed by atoms with Gasteiger partial charge in [-0.2, -0.15) is 0 Å². The molecule has 0 unspecified atom stereocenters. The Balaban J connectivity index is 2.21. The molecule has 0 heterocycles. The van der Waals surface area contributed by atoms with Crippen molar-refractivity contribution in [2.24, 2.45) is 0 Å². The van der Waals surface area contributed by atoms with Gasteiger partial charge in [-0.15, -0.1) is 0 Å². The second kappa shape index (κ2) is 15.3. The molecule has 4 nitrogen and oxygen atoms in total. The normalized spacial score (nSPS) is 15.0. The first-order valence-electron chi connectivity index (χ1n) is 15.5. The largest absolute Gasteiger partial charge is 0.465 e. The molecule has 0 atom stereocenters. The molecule has 0 aliphatic heterocycles. The van der Waals surface area contributed by atoms with Crippen LogP contribution in [0.5, 0.6) is 0 Å². The number of allylic oxidation sites excluding steroid dienone is 1. The molecule has 42 heavy (non-hydrogen) atoms. The first kappa shape index (κ1) is 33.3. The van der Waals surface area contributed by atoms with Crippen LogP contribution in [0.2, 0.25) is 16.6 Å². The molecule has 0 radical (unpaired) electrons. The fourth-order valence-electron chi connectivity index (χ4n) is 7.09. The van der Waals surface area contributed by atoms with E-state index in [2.05, 4.69) is 83.6 Å². The summed E-state index contributed by atoms with van der Waals surface area (Å²) in [7, 11) is 0.764. The van der Waals surface area contributed by atoms with Gasteiger partial charge in [0, 0.05) is 0 Å². The van der Waals surface area contributed by atoms with E-state index in [1.54, 1.807) is 0 Å². The summed E-state index contributed by atoms with van der Waals surface area (Å²) in [5.74, 6) is -0.732. The minimum Gasteiger partial charge on any atom is -0.465 e. The molecule has 2 aromatic rings. The van der Waals surface area contributed by atoms with Gasteiger partial charge in [-0.25, -0.2) is 9.59 Å². The predicted octanol–water partition coefficient (Wildman–Crippen LogP) is 9.13. The Morgan fingerprint density at radius 3 is 1.43 bits per heavy atom. The number of methoxy groups -OCH3 is 2. The molecule has 0 spiro atoms. The van der Waals surface area contributed by atoms with E-state index in [4.69, 9.17) is 9.47 Å². The Bertz CT molecular complexity index is 1280. The monoisotopic (exact) mass is 586 g/mol. The van der Waals surface area contributed by atoms with Crippen LogP contribution in [0.25, 0.3) is 0 Å². The first-order valence-corrected chi connectivity index (χ1v) is 17.8. The third kappa shape index (κ3) is 7.41. The highest BCUT2D eigenvalue weighted by Gasteiger charge is 2.44. The summed E-state index contributed by atoms with van der Waals surface area (Å²) < 4.78 is 10.8. The van der Waals surface area contributed by atoms with Gasteiger partial charge in [-0.3, -0.25) is 0 Å². The van der Waals surface area contributed by atoms with Crippen LogP contribution in [0.1, 0.15) is 78.4 Å². The Kier molecular flexibility index (Phi) is 12.2. The number of carbonyl (C=O) groups excluding carboxylic acids is 2. The van der Waals surface area contributed by atoms with Gasteiger partial charge in [0.05, 0.1) is 33.4 Å². The van der Waals surface area contributed by atoms with E-state index in [0.29, 0.717) is 40.6 Å². The van der Waals surface area contributed by atoms with Crippen LogP contribution in [-0.2, 0) is 31.9 Å². The molecular formula is C37H50O4Si. The van der Waals surface area contributed by atoms with Crippen molar-refractivity contribution in [2.45, 2.75) is 96.7 Å². The lowest BCUT2D eigenvalue weighted by atomic mass is 9.95. The third-order valence-electron chi connectivity index (χ3n) is 9.14. The molecule has 0 amide bonds. The summed E-state index contributed by atoms with van der Waals surface area (Å²) in [5, 5.41) is 0. The smallest absolute Gasteiger partial charge is 0.338 e. The highest BCUT2D eigenvalue weighted by molar-refractivity contribution is 6.88. The lowest BCUT2D eigenvalue weighted by Gasteiger charge is -2.41. The van der Waals surface area contributed by atoms with Crippen molar-refractivity contribution >= 4 is 20.0 Å². The van der Waals surface area contributed by atoms with Gasteiger partial charge in [0.2, 0.25) is 0 Å². The molecule has 0 saturated carbocycles. The van der Waals surface area contributed by atoms with Crippen LogP contribution >= 0.6 is 0 Å². The Morgan fingerprint density at radius 2 is 1.02 bits per heavy atom. The number of ether oxygens (including phenoxy) is 2. The molecule has 1 aliphatic carbocycles. The fraction of sp³-hybridized carbons (Fsp3) is 0.459. The molecule has 5 heteroatoms. The van der Waals surface area contributed by atoms with Crippen LogP contribution in [0.15, 0.2) is 94.2 Å². The van der Waals surface area contributed by atoms with Crippen LogP contribution in [-0.4, -0.2) is 34.2 Å². The average molecular weight is 587 g/mol. The van der Waals surface area contributed by atoms with Crippen LogP contribution in [0, 0.1) is 0 Å². The maximum Gasteiger partial charge on any atom is 0.338 e. The van der Waals surface area contributed by atoms with Crippen molar-refractivity contribution in [3.8, 4) is 0 Å². The summed E-state index contributed by atoms with van der Waals surface area (Å²) >= 11 is 0. The van der Waals surface area contributed by atoms with Gasteiger partial charge in [0.25, 0.3) is 0 Å². The van der Waals surface area contributed by atoms with Gasteiger partial charge in [-0.1, -0.05) is 108 Å². The highest BCUT2D eigenvalue weighted by atomic mass is 28.3. The minimum absolute atomic E-state index is 0.366. The average Bonchev–Trinajstić information content (AvgIpc) is 3.27. The molecule has 0 bridgehead atoms. The third-order valence-corrected chi connectivity index (χ3v) is 15.9. The summed E-state index contributed by atoms with van der Waals surface area (Å²) in [6.07, 6.45) is 4.71. The lowest BCUT2D eigenvalue weighted by molar-refractivity contribution is -0.136. The minimum atomic E-state index is -2.12. The summed E-state index contributed by atoms with van der Waals surface area (Å²) in [4.78, 5) is 27.3. The molecule has 2 aromatic carbocycles. The molecule has 0 N–H and O–H groups in total. The number of hydrogen-bond acceptors (Lipinski definition) is 4. The topological polar surface area (TPSA) is 52.6 Å².